The summed E-state index contributed by atoms with van der Waals surface area (Å²) in [7, 11) is 0. The molecule has 0 unspecified atom stereocenters. The van der Waals surface area contributed by atoms with E-state index >= 15 is 0 Å². The second-order valence-electron chi connectivity index (χ2n) is 3.41. The van der Waals surface area contributed by atoms with Crippen LogP contribution in [-0.4, -0.2) is 28.6 Å². The first kappa shape index (κ1) is 12.1. The Hall–Kier alpha value is -0.940. The van der Waals surface area contributed by atoms with Crippen LogP contribution in [0.5, 0.6) is 0 Å². The second kappa shape index (κ2) is 5.23. The van der Waals surface area contributed by atoms with Crippen LogP contribution in [0.2, 0.25) is 0 Å². The van der Waals surface area contributed by atoms with Crippen molar-refractivity contribution in [1.29, 1.82) is 0 Å². The number of amides is 1. The molecule has 0 aliphatic carbocycles. The largest absolute Gasteiger partial charge is 0.394 e. The molecule has 0 fully saturated rings. The summed E-state index contributed by atoms with van der Waals surface area (Å²) < 4.78 is 0. The Morgan fingerprint density at radius 3 is 2.67 bits per heavy atom. The van der Waals surface area contributed by atoms with Crippen LogP contribution in [0, 0.1) is 13.8 Å². The summed E-state index contributed by atoms with van der Waals surface area (Å²) in [6.07, 6.45) is 0.721. The number of aliphatic hydroxyl groups excluding tert-OH is 1. The van der Waals surface area contributed by atoms with Crippen LogP contribution in [-0.2, 0) is 0 Å². The lowest BCUT2D eigenvalue weighted by molar-refractivity contribution is 0.0918. The Morgan fingerprint density at radius 1 is 1.60 bits per heavy atom. The smallest absolute Gasteiger partial charge is 0.263 e. The van der Waals surface area contributed by atoms with Gasteiger partial charge in [-0.15, -0.1) is 11.3 Å². The summed E-state index contributed by atoms with van der Waals surface area (Å²) in [6.45, 7) is 5.58. The average molecular weight is 228 g/mol. The van der Waals surface area contributed by atoms with Gasteiger partial charge in [0.15, 0.2) is 0 Å². The first-order valence-electron chi connectivity index (χ1n) is 4.94. The predicted octanol–water partition coefficient (Wildman–Crippen LogP) is 1.26. The lowest BCUT2D eigenvalue weighted by Crippen LogP contribution is -2.36. The predicted molar refractivity (Wildman–Crippen MR) is 60.2 cm³/mol. The molecule has 0 saturated heterocycles. The van der Waals surface area contributed by atoms with E-state index < -0.39 is 0 Å². The number of carbonyl (C=O) groups excluding carboxylic acids is 1. The molecule has 0 bridgehead atoms. The molecule has 1 rings (SSSR count). The van der Waals surface area contributed by atoms with Crippen LogP contribution >= 0.6 is 11.3 Å². The second-order valence-corrected chi connectivity index (χ2v) is 4.61. The zero-order valence-electron chi connectivity index (χ0n) is 9.20. The lowest BCUT2D eigenvalue weighted by atomic mass is 10.2. The molecule has 0 aliphatic heterocycles. The SMILES string of the molecule is CC[C@@H](CO)NC(=O)c1sc(C)nc1C. The molecule has 84 valence electrons. The van der Waals surface area contributed by atoms with E-state index in [-0.39, 0.29) is 18.6 Å². The van der Waals surface area contributed by atoms with Crippen molar-refractivity contribution in [2.24, 2.45) is 0 Å². The van der Waals surface area contributed by atoms with Crippen molar-refractivity contribution >= 4 is 17.2 Å². The first-order chi connectivity index (χ1) is 7.08. The Bertz CT molecular complexity index is 345. The summed E-state index contributed by atoms with van der Waals surface area (Å²) in [5.41, 5.74) is 0.753. The van der Waals surface area contributed by atoms with Crippen molar-refractivity contribution in [2.45, 2.75) is 33.2 Å². The van der Waals surface area contributed by atoms with Gasteiger partial charge in [0, 0.05) is 0 Å². The number of hydrogen-bond donors (Lipinski definition) is 2. The molecule has 0 spiro atoms. The lowest BCUT2D eigenvalue weighted by Gasteiger charge is -2.12. The van der Waals surface area contributed by atoms with Gasteiger partial charge >= 0.3 is 0 Å². The molecule has 4 nitrogen and oxygen atoms in total. The summed E-state index contributed by atoms with van der Waals surface area (Å²) in [5, 5.41) is 12.6. The molecule has 0 aliphatic rings. The third kappa shape index (κ3) is 3.00. The molecule has 5 heteroatoms. The Morgan fingerprint density at radius 2 is 2.27 bits per heavy atom. The van der Waals surface area contributed by atoms with E-state index in [1.54, 1.807) is 0 Å². The van der Waals surface area contributed by atoms with Crippen molar-refractivity contribution in [3.05, 3.63) is 15.6 Å². The summed E-state index contributed by atoms with van der Waals surface area (Å²) in [4.78, 5) is 16.6. The highest BCUT2D eigenvalue weighted by Gasteiger charge is 2.16. The number of nitrogens with one attached hydrogen (secondary N) is 1. The molecule has 1 amide bonds. The van der Waals surface area contributed by atoms with E-state index in [4.69, 9.17) is 5.11 Å². The van der Waals surface area contributed by atoms with Crippen LogP contribution in [0.25, 0.3) is 0 Å². The quantitative estimate of drug-likeness (QED) is 0.815. The van der Waals surface area contributed by atoms with Crippen molar-refractivity contribution < 1.29 is 9.90 Å². The number of thiazole rings is 1. The molecule has 0 aromatic carbocycles. The highest BCUT2D eigenvalue weighted by atomic mass is 32.1. The van der Waals surface area contributed by atoms with E-state index in [0.29, 0.717) is 4.88 Å². The van der Waals surface area contributed by atoms with Gasteiger partial charge in [0.1, 0.15) is 4.88 Å². The minimum atomic E-state index is -0.167. The highest BCUT2D eigenvalue weighted by Crippen LogP contribution is 2.16. The average Bonchev–Trinajstić information content (AvgIpc) is 2.54. The minimum absolute atomic E-state index is 0.0287. The van der Waals surface area contributed by atoms with Crippen LogP contribution < -0.4 is 5.32 Å². The fraction of sp³-hybridized carbons (Fsp3) is 0.600. The molecule has 1 heterocycles. The van der Waals surface area contributed by atoms with E-state index in [2.05, 4.69) is 10.3 Å². The molecule has 0 saturated carbocycles. The van der Waals surface area contributed by atoms with Gasteiger partial charge in [-0.25, -0.2) is 4.98 Å². The minimum Gasteiger partial charge on any atom is -0.394 e. The normalized spacial score (nSPS) is 12.5. The molecule has 1 aromatic rings. The van der Waals surface area contributed by atoms with Crippen LogP contribution in [0.1, 0.15) is 33.7 Å². The van der Waals surface area contributed by atoms with Gasteiger partial charge in [0.05, 0.1) is 23.4 Å². The standard InChI is InChI=1S/C10H16N2O2S/c1-4-8(5-13)12-10(14)9-6(2)11-7(3)15-9/h8,13H,4-5H2,1-3H3,(H,12,14)/t8-/m0/s1. The molecular weight excluding hydrogens is 212 g/mol. The molecule has 1 aromatic heterocycles. The summed E-state index contributed by atoms with van der Waals surface area (Å²) in [6, 6.07) is -0.167. The number of aliphatic hydroxyl groups is 1. The molecule has 1 atom stereocenters. The number of nitrogens with zero attached hydrogens (tertiary/aromatic N) is 1. The Balaban J connectivity index is 2.72. The van der Waals surface area contributed by atoms with Gasteiger partial charge in [0.25, 0.3) is 5.91 Å². The van der Waals surface area contributed by atoms with Gasteiger partial charge in [-0.1, -0.05) is 6.92 Å². The van der Waals surface area contributed by atoms with E-state index in [1.807, 2.05) is 20.8 Å². The molecule has 0 radical (unpaired) electrons. The third-order valence-electron chi connectivity index (χ3n) is 2.16. The maximum Gasteiger partial charge on any atom is 0.263 e. The maximum atomic E-state index is 11.8. The number of aryl methyl sites for hydroxylation is 2. The van der Waals surface area contributed by atoms with Gasteiger partial charge in [-0.3, -0.25) is 4.79 Å². The third-order valence-corrected chi connectivity index (χ3v) is 3.23. The number of rotatable bonds is 4. The molecular formula is C10H16N2O2S. The van der Waals surface area contributed by atoms with E-state index in [1.165, 1.54) is 11.3 Å². The monoisotopic (exact) mass is 228 g/mol. The van der Waals surface area contributed by atoms with Crippen molar-refractivity contribution in [3.8, 4) is 0 Å². The highest BCUT2D eigenvalue weighted by molar-refractivity contribution is 7.13. The van der Waals surface area contributed by atoms with Crippen molar-refractivity contribution in [2.75, 3.05) is 6.61 Å². The number of aromatic nitrogens is 1. The fourth-order valence-corrected chi connectivity index (χ4v) is 2.09. The Labute approximate surface area is 93.4 Å². The number of carbonyl (C=O) groups is 1. The van der Waals surface area contributed by atoms with Crippen LogP contribution in [0.3, 0.4) is 0 Å². The van der Waals surface area contributed by atoms with Crippen molar-refractivity contribution in [1.82, 2.24) is 10.3 Å². The fourth-order valence-electron chi connectivity index (χ4n) is 1.27. The maximum absolute atomic E-state index is 11.8. The van der Waals surface area contributed by atoms with Crippen LogP contribution in [0.4, 0.5) is 0 Å². The number of hydrogen-bond acceptors (Lipinski definition) is 4. The topological polar surface area (TPSA) is 62.2 Å². The van der Waals surface area contributed by atoms with Crippen molar-refractivity contribution in [3.63, 3.8) is 0 Å². The molecule has 2 N–H and O–H groups in total. The van der Waals surface area contributed by atoms with Gasteiger partial charge < -0.3 is 10.4 Å². The van der Waals surface area contributed by atoms with Gasteiger partial charge in [-0.05, 0) is 20.3 Å². The van der Waals surface area contributed by atoms with Crippen LogP contribution in [0.15, 0.2) is 0 Å². The zero-order valence-corrected chi connectivity index (χ0v) is 10.0. The summed E-state index contributed by atoms with van der Waals surface area (Å²) in [5.74, 6) is -0.140. The van der Waals surface area contributed by atoms with E-state index in [9.17, 15) is 4.79 Å². The Kier molecular flexibility index (Phi) is 4.23. The van der Waals surface area contributed by atoms with E-state index in [0.717, 1.165) is 17.1 Å². The van der Waals surface area contributed by atoms with Gasteiger partial charge in [0.2, 0.25) is 0 Å². The zero-order chi connectivity index (χ0) is 11.4. The van der Waals surface area contributed by atoms with Gasteiger partial charge in [-0.2, -0.15) is 0 Å². The summed E-state index contributed by atoms with van der Waals surface area (Å²) >= 11 is 1.38. The first-order valence-corrected chi connectivity index (χ1v) is 5.75. The molecule has 15 heavy (non-hydrogen) atoms.